The van der Waals surface area contributed by atoms with Gasteiger partial charge in [0.1, 0.15) is 0 Å². The number of nitrogens with one attached hydrogen (secondary N) is 1. The quantitative estimate of drug-likeness (QED) is 0.538. The van der Waals surface area contributed by atoms with Crippen molar-refractivity contribution in [2.24, 2.45) is 0 Å². The van der Waals surface area contributed by atoms with Crippen LogP contribution in [0.3, 0.4) is 0 Å². The fourth-order valence-corrected chi connectivity index (χ4v) is 1.89. The van der Waals surface area contributed by atoms with Crippen LogP contribution >= 0.6 is 27.7 Å². The SMILES string of the molecule is CSC1C=C(C)C(Br)CN1. The smallest absolute Gasteiger partial charge is 0.0719 e. The van der Waals surface area contributed by atoms with Crippen molar-refractivity contribution in [1.29, 1.82) is 0 Å². The van der Waals surface area contributed by atoms with E-state index in [0.717, 1.165) is 6.54 Å². The molecule has 10 heavy (non-hydrogen) atoms. The molecule has 1 heterocycles. The summed E-state index contributed by atoms with van der Waals surface area (Å²) in [7, 11) is 0. The first-order chi connectivity index (χ1) is 4.74. The van der Waals surface area contributed by atoms with Crippen LogP contribution in [0.25, 0.3) is 0 Å². The second kappa shape index (κ2) is 3.79. The largest absolute Gasteiger partial charge is 0.301 e. The minimum Gasteiger partial charge on any atom is -0.301 e. The van der Waals surface area contributed by atoms with E-state index < -0.39 is 0 Å². The highest BCUT2D eigenvalue weighted by molar-refractivity contribution is 9.09. The molecule has 0 fully saturated rings. The van der Waals surface area contributed by atoms with Crippen molar-refractivity contribution in [1.82, 2.24) is 5.32 Å². The first-order valence-corrected chi connectivity index (χ1v) is 5.53. The summed E-state index contributed by atoms with van der Waals surface area (Å²) in [5.74, 6) is 0. The maximum absolute atomic E-state index is 3.57. The third-order valence-electron chi connectivity index (χ3n) is 1.66. The summed E-state index contributed by atoms with van der Waals surface area (Å²) in [5, 5.41) is 3.91. The molecule has 58 valence electrons. The van der Waals surface area contributed by atoms with E-state index in [1.54, 1.807) is 0 Å². The minimum atomic E-state index is 0.522. The summed E-state index contributed by atoms with van der Waals surface area (Å²) >= 11 is 5.41. The molecule has 0 saturated heterocycles. The Morgan fingerprint density at radius 3 is 3.00 bits per heavy atom. The molecule has 2 atom stereocenters. The van der Waals surface area contributed by atoms with Crippen LogP contribution in [0.15, 0.2) is 11.6 Å². The second-order valence-electron chi connectivity index (χ2n) is 2.44. The Morgan fingerprint density at radius 1 is 1.80 bits per heavy atom. The van der Waals surface area contributed by atoms with Gasteiger partial charge >= 0.3 is 0 Å². The molecule has 0 aromatic carbocycles. The number of hydrogen-bond acceptors (Lipinski definition) is 2. The van der Waals surface area contributed by atoms with Crippen molar-refractivity contribution in [3.63, 3.8) is 0 Å². The van der Waals surface area contributed by atoms with Gasteiger partial charge in [0.2, 0.25) is 0 Å². The fourth-order valence-electron chi connectivity index (χ4n) is 0.934. The third kappa shape index (κ3) is 2.01. The van der Waals surface area contributed by atoms with Crippen LogP contribution < -0.4 is 5.32 Å². The average Bonchev–Trinajstić information content (AvgIpc) is 1.95. The van der Waals surface area contributed by atoms with Crippen LogP contribution in [-0.2, 0) is 0 Å². The molecule has 0 aromatic rings. The van der Waals surface area contributed by atoms with E-state index in [0.29, 0.717) is 10.2 Å². The van der Waals surface area contributed by atoms with Crippen molar-refractivity contribution in [3.8, 4) is 0 Å². The van der Waals surface area contributed by atoms with E-state index in [1.807, 2.05) is 11.8 Å². The van der Waals surface area contributed by atoms with Gasteiger partial charge in [0.25, 0.3) is 0 Å². The van der Waals surface area contributed by atoms with Gasteiger partial charge in [-0.15, -0.1) is 11.8 Å². The number of rotatable bonds is 1. The summed E-state index contributed by atoms with van der Waals surface area (Å²) in [4.78, 5) is 0.538. The first-order valence-electron chi connectivity index (χ1n) is 3.32. The topological polar surface area (TPSA) is 12.0 Å². The van der Waals surface area contributed by atoms with Crippen LogP contribution in [-0.4, -0.2) is 23.0 Å². The first kappa shape index (κ1) is 8.62. The summed E-state index contributed by atoms with van der Waals surface area (Å²) in [5.41, 5.74) is 1.44. The molecule has 0 bridgehead atoms. The van der Waals surface area contributed by atoms with E-state index in [9.17, 15) is 0 Å². The Morgan fingerprint density at radius 2 is 2.50 bits per heavy atom. The lowest BCUT2D eigenvalue weighted by atomic mass is 10.1. The summed E-state index contributed by atoms with van der Waals surface area (Å²) in [6.45, 7) is 3.22. The normalized spacial score (nSPS) is 33.7. The van der Waals surface area contributed by atoms with Crippen LogP contribution in [0, 0.1) is 0 Å². The predicted molar refractivity (Wildman–Crippen MR) is 51.8 cm³/mol. The lowest BCUT2D eigenvalue weighted by Crippen LogP contribution is -2.35. The molecule has 1 rings (SSSR count). The minimum absolute atomic E-state index is 0.522. The molecule has 1 aliphatic rings. The van der Waals surface area contributed by atoms with Crippen LogP contribution in [0.5, 0.6) is 0 Å². The highest BCUT2D eigenvalue weighted by atomic mass is 79.9. The van der Waals surface area contributed by atoms with E-state index >= 15 is 0 Å². The highest BCUT2D eigenvalue weighted by Gasteiger charge is 2.15. The van der Waals surface area contributed by atoms with Crippen molar-refractivity contribution in [2.75, 3.05) is 12.8 Å². The van der Waals surface area contributed by atoms with Gasteiger partial charge in [-0.1, -0.05) is 27.6 Å². The lowest BCUT2D eigenvalue weighted by Gasteiger charge is -2.23. The Labute approximate surface area is 74.8 Å². The molecule has 0 aromatic heterocycles. The molecule has 3 heteroatoms. The van der Waals surface area contributed by atoms with Gasteiger partial charge in [-0.05, 0) is 13.2 Å². The Hall–Kier alpha value is 0.530. The van der Waals surface area contributed by atoms with Crippen LogP contribution in [0.1, 0.15) is 6.92 Å². The maximum atomic E-state index is 3.57. The fraction of sp³-hybridized carbons (Fsp3) is 0.714. The van der Waals surface area contributed by atoms with Crippen molar-refractivity contribution in [3.05, 3.63) is 11.6 Å². The van der Waals surface area contributed by atoms with Gasteiger partial charge in [-0.25, -0.2) is 0 Å². The van der Waals surface area contributed by atoms with Gasteiger partial charge in [0.15, 0.2) is 0 Å². The molecular weight excluding hydrogens is 210 g/mol. The molecule has 1 aliphatic heterocycles. The molecule has 0 radical (unpaired) electrons. The second-order valence-corrected chi connectivity index (χ2v) is 4.53. The molecule has 1 N–H and O–H groups in total. The molecule has 0 spiro atoms. The molecule has 0 saturated carbocycles. The zero-order valence-corrected chi connectivity index (χ0v) is 8.63. The maximum Gasteiger partial charge on any atom is 0.0719 e. The zero-order chi connectivity index (χ0) is 7.56. The number of thioether (sulfide) groups is 1. The summed E-state index contributed by atoms with van der Waals surface area (Å²) < 4.78 is 0. The van der Waals surface area contributed by atoms with Gasteiger partial charge in [0, 0.05) is 11.4 Å². The highest BCUT2D eigenvalue weighted by Crippen LogP contribution is 2.19. The predicted octanol–water partition coefficient (Wildman–Crippen LogP) is 1.99. The number of alkyl halides is 1. The molecule has 1 nitrogen and oxygen atoms in total. The lowest BCUT2D eigenvalue weighted by molar-refractivity contribution is 0.690. The van der Waals surface area contributed by atoms with Gasteiger partial charge < -0.3 is 5.32 Å². The van der Waals surface area contributed by atoms with E-state index in [2.05, 4.69) is 40.5 Å². The number of hydrogen-bond donors (Lipinski definition) is 1. The van der Waals surface area contributed by atoms with E-state index in [-0.39, 0.29) is 0 Å². The average molecular weight is 222 g/mol. The summed E-state index contributed by atoms with van der Waals surface area (Å²) in [6, 6.07) is 0. The molecule has 0 amide bonds. The third-order valence-corrected chi connectivity index (χ3v) is 3.52. The van der Waals surface area contributed by atoms with Crippen LogP contribution in [0.4, 0.5) is 0 Å². The van der Waals surface area contributed by atoms with Gasteiger partial charge in [0.05, 0.1) is 5.37 Å². The van der Waals surface area contributed by atoms with Gasteiger partial charge in [-0.3, -0.25) is 0 Å². The van der Waals surface area contributed by atoms with Crippen LogP contribution in [0.2, 0.25) is 0 Å². The monoisotopic (exact) mass is 221 g/mol. The number of halogens is 1. The van der Waals surface area contributed by atoms with Crippen molar-refractivity contribution < 1.29 is 0 Å². The Kier molecular flexibility index (Phi) is 3.27. The van der Waals surface area contributed by atoms with Gasteiger partial charge in [-0.2, -0.15) is 0 Å². The molecular formula is C7H12BrNS. The zero-order valence-electron chi connectivity index (χ0n) is 6.23. The Bertz CT molecular complexity index is 147. The van der Waals surface area contributed by atoms with Crippen molar-refractivity contribution in [2.45, 2.75) is 17.1 Å². The van der Waals surface area contributed by atoms with Crippen molar-refractivity contribution >= 4 is 27.7 Å². The van der Waals surface area contributed by atoms with E-state index in [4.69, 9.17) is 0 Å². The standard InChI is InChI=1S/C7H12BrNS/c1-5-3-7(10-2)9-4-6(5)8/h3,6-7,9H,4H2,1-2H3. The van der Waals surface area contributed by atoms with E-state index in [1.165, 1.54) is 5.57 Å². The Balaban J connectivity index is 2.56. The molecule has 2 unspecified atom stereocenters. The molecule has 0 aliphatic carbocycles. The summed E-state index contributed by atoms with van der Waals surface area (Å²) in [6.07, 6.45) is 4.39.